The van der Waals surface area contributed by atoms with Crippen LogP contribution in [0, 0.1) is 5.82 Å². The first-order valence-corrected chi connectivity index (χ1v) is 8.42. The zero-order valence-corrected chi connectivity index (χ0v) is 14.4. The number of alkyl halides is 3. The molecule has 148 valence electrons. The number of halogens is 4. The van der Waals surface area contributed by atoms with Gasteiger partial charge in [0.1, 0.15) is 11.6 Å². The molecule has 4 rings (SSSR count). The summed E-state index contributed by atoms with van der Waals surface area (Å²) in [6, 6.07) is 7.54. The third-order valence-corrected chi connectivity index (χ3v) is 4.84. The second-order valence-corrected chi connectivity index (χ2v) is 6.69. The maximum atomic E-state index is 13.4. The van der Waals surface area contributed by atoms with E-state index >= 15 is 0 Å². The molecule has 5 nitrogen and oxygen atoms in total. The summed E-state index contributed by atoms with van der Waals surface area (Å²) in [4.78, 5) is 3.83. The molecule has 28 heavy (non-hydrogen) atoms. The second kappa shape index (κ2) is 6.73. The molecule has 0 radical (unpaired) electrons. The van der Waals surface area contributed by atoms with Gasteiger partial charge in [-0.2, -0.15) is 22.8 Å². The first-order valence-electron chi connectivity index (χ1n) is 10.9. The van der Waals surface area contributed by atoms with Crippen molar-refractivity contribution in [2.75, 3.05) is 25.0 Å². The summed E-state index contributed by atoms with van der Waals surface area (Å²) in [5.41, 5.74) is -1.85. The molecule has 1 saturated heterocycles. The van der Waals surface area contributed by atoms with Crippen LogP contribution < -0.4 is 10.6 Å². The second-order valence-electron chi connectivity index (χ2n) is 6.69. The fourth-order valence-electron chi connectivity index (χ4n) is 3.22. The van der Waals surface area contributed by atoms with Gasteiger partial charge in [-0.15, -0.1) is 0 Å². The Morgan fingerprint density at radius 3 is 2.64 bits per heavy atom. The topological polar surface area (TPSA) is 54.2 Å². The van der Waals surface area contributed by atoms with Gasteiger partial charge in [-0.05, 0) is 24.1 Å². The summed E-state index contributed by atoms with van der Waals surface area (Å²) in [5, 5.41) is 9.63. The predicted molar refractivity (Wildman–Crippen MR) is 96.8 cm³/mol. The predicted octanol–water partition coefficient (Wildman–Crippen LogP) is 3.40. The van der Waals surface area contributed by atoms with Crippen molar-refractivity contribution < 1.29 is 24.4 Å². The van der Waals surface area contributed by atoms with Crippen molar-refractivity contribution >= 4 is 11.5 Å². The Morgan fingerprint density at radius 1 is 1.29 bits per heavy atom. The lowest BCUT2D eigenvalue weighted by atomic mass is 9.75. The molecule has 9 heteroatoms. The minimum absolute atomic E-state index is 0.0491. The highest BCUT2D eigenvalue weighted by Crippen LogP contribution is 2.31. The molecule has 0 atom stereocenters. The molecule has 1 fully saturated rings. The van der Waals surface area contributed by atoms with Crippen molar-refractivity contribution in [3.63, 3.8) is 0 Å². The average molecular weight is 398 g/mol. The summed E-state index contributed by atoms with van der Waals surface area (Å²) in [7, 11) is 0. The van der Waals surface area contributed by atoms with Gasteiger partial charge in [-0.3, -0.25) is 0 Å². The number of aryl methyl sites for hydroxylation is 1. The fourth-order valence-corrected chi connectivity index (χ4v) is 3.22. The quantitative estimate of drug-likeness (QED) is 0.647. The first kappa shape index (κ1) is 13.5. The molecule has 1 aliphatic rings. The third-order valence-electron chi connectivity index (χ3n) is 4.84. The Balaban J connectivity index is 1.76. The van der Waals surface area contributed by atoms with E-state index in [-0.39, 0.29) is 18.0 Å². The van der Waals surface area contributed by atoms with Gasteiger partial charge in [0, 0.05) is 49.7 Å². The van der Waals surface area contributed by atoms with Crippen LogP contribution in [0.3, 0.4) is 0 Å². The van der Waals surface area contributed by atoms with Crippen molar-refractivity contribution in [3.8, 4) is 0 Å². The molecule has 3 aromatic rings. The average Bonchev–Trinajstić information content (AvgIpc) is 3.12. The molecule has 2 N–H and O–H groups in total. The SMILES string of the molecule is [2H]C([2H])([2H])C([2H])([2H])c1cc(NCC2(c3ccc(F)cc3)CNC2)n2nc(C(F)(F)F)cc2n1. The molecule has 0 amide bonds. The summed E-state index contributed by atoms with van der Waals surface area (Å²) in [6.45, 7) is -1.90. The molecule has 0 aliphatic carbocycles. The lowest BCUT2D eigenvalue weighted by Crippen LogP contribution is -2.60. The molecule has 0 saturated carbocycles. The van der Waals surface area contributed by atoms with Crippen molar-refractivity contribution in [3.05, 3.63) is 59.2 Å². The van der Waals surface area contributed by atoms with Gasteiger partial charge < -0.3 is 10.6 Å². The highest BCUT2D eigenvalue weighted by atomic mass is 19.4. The van der Waals surface area contributed by atoms with Gasteiger partial charge in [-0.1, -0.05) is 19.0 Å². The van der Waals surface area contributed by atoms with Crippen LogP contribution in [0.25, 0.3) is 5.65 Å². The summed E-state index contributed by atoms with van der Waals surface area (Å²) < 4.78 is 92.4. The van der Waals surface area contributed by atoms with Crippen molar-refractivity contribution in [2.24, 2.45) is 0 Å². The molecule has 0 spiro atoms. The van der Waals surface area contributed by atoms with Crippen molar-refractivity contribution in [1.29, 1.82) is 0 Å². The Hall–Kier alpha value is -2.68. The van der Waals surface area contributed by atoms with E-state index in [0.717, 1.165) is 16.1 Å². The van der Waals surface area contributed by atoms with Gasteiger partial charge in [0.2, 0.25) is 0 Å². The van der Waals surface area contributed by atoms with Gasteiger partial charge in [0.25, 0.3) is 0 Å². The fraction of sp³-hybridized carbons (Fsp3) is 0.368. The number of hydrogen-bond donors (Lipinski definition) is 2. The van der Waals surface area contributed by atoms with E-state index < -0.39 is 42.0 Å². The largest absolute Gasteiger partial charge is 0.435 e. The standard InChI is InChI=1S/C19H19F4N5/c1-2-14-7-16(28-17(26-14)8-15(27-28)19(21,22)23)25-11-18(9-24-10-18)12-3-5-13(20)6-4-12/h3-8,24-25H,2,9-11H2,1H3/i1D3,2D2. The van der Waals surface area contributed by atoms with E-state index in [1.807, 2.05) is 0 Å². The maximum Gasteiger partial charge on any atom is 0.435 e. The number of hydrogen-bond acceptors (Lipinski definition) is 4. The monoisotopic (exact) mass is 398 g/mol. The van der Waals surface area contributed by atoms with Gasteiger partial charge >= 0.3 is 6.18 Å². The van der Waals surface area contributed by atoms with Gasteiger partial charge in [0.15, 0.2) is 11.3 Å². The summed E-state index contributed by atoms with van der Waals surface area (Å²) in [5.74, 6) is -0.454. The Kier molecular flexibility index (Phi) is 3.24. The van der Waals surface area contributed by atoms with Crippen LogP contribution in [0.5, 0.6) is 0 Å². The van der Waals surface area contributed by atoms with E-state index in [4.69, 9.17) is 6.85 Å². The summed E-state index contributed by atoms with van der Waals surface area (Å²) in [6.07, 6.45) is -7.69. The minimum atomic E-state index is -4.78. The van der Waals surface area contributed by atoms with Crippen molar-refractivity contribution in [1.82, 2.24) is 19.9 Å². The zero-order valence-electron chi connectivity index (χ0n) is 19.4. The number of aromatic nitrogens is 3. The highest BCUT2D eigenvalue weighted by molar-refractivity contribution is 5.51. The minimum Gasteiger partial charge on any atom is -0.369 e. The lowest BCUT2D eigenvalue weighted by Gasteiger charge is -2.43. The number of fused-ring (bicyclic) bond motifs is 1. The smallest absolute Gasteiger partial charge is 0.369 e. The van der Waals surface area contributed by atoms with Gasteiger partial charge in [-0.25, -0.2) is 9.37 Å². The Labute approximate surface area is 165 Å². The highest BCUT2D eigenvalue weighted by Gasteiger charge is 2.39. The molecular weight excluding hydrogens is 374 g/mol. The van der Waals surface area contributed by atoms with E-state index in [0.29, 0.717) is 19.2 Å². The Morgan fingerprint density at radius 2 is 2.04 bits per heavy atom. The number of nitrogens with zero attached hydrogens (tertiary/aromatic N) is 3. The third kappa shape index (κ3) is 3.30. The lowest BCUT2D eigenvalue weighted by molar-refractivity contribution is -0.141. The van der Waals surface area contributed by atoms with E-state index in [1.54, 1.807) is 12.1 Å². The number of anilines is 1. The van der Waals surface area contributed by atoms with Crippen LogP contribution in [0.1, 0.15) is 30.7 Å². The molecule has 0 bridgehead atoms. The number of benzene rings is 1. The zero-order chi connectivity index (χ0) is 24.2. The molecule has 3 heterocycles. The van der Waals surface area contributed by atoms with Crippen LogP contribution in [0.15, 0.2) is 36.4 Å². The molecular formula is C19H19F4N5. The van der Waals surface area contributed by atoms with Crippen LogP contribution in [0.4, 0.5) is 23.4 Å². The van der Waals surface area contributed by atoms with Crippen LogP contribution >= 0.6 is 0 Å². The van der Waals surface area contributed by atoms with E-state index in [9.17, 15) is 17.6 Å². The van der Waals surface area contributed by atoms with Crippen LogP contribution in [-0.4, -0.2) is 34.2 Å². The maximum absolute atomic E-state index is 13.4. The number of nitrogens with one attached hydrogen (secondary N) is 2. The Bertz CT molecular complexity index is 1170. The molecule has 1 aromatic carbocycles. The number of rotatable bonds is 5. The molecule has 1 aliphatic heterocycles. The van der Waals surface area contributed by atoms with Gasteiger partial charge in [0.05, 0.1) is 0 Å². The van der Waals surface area contributed by atoms with Crippen molar-refractivity contribution in [2.45, 2.75) is 24.8 Å². The van der Waals surface area contributed by atoms with E-state index in [2.05, 4.69) is 20.7 Å². The first-order chi connectivity index (χ1) is 15.2. The van der Waals surface area contributed by atoms with Crippen LogP contribution in [0.2, 0.25) is 0 Å². The molecule has 2 aromatic heterocycles. The molecule has 0 unspecified atom stereocenters. The summed E-state index contributed by atoms with van der Waals surface area (Å²) >= 11 is 0. The van der Waals surface area contributed by atoms with Crippen LogP contribution in [-0.2, 0) is 18.0 Å². The van der Waals surface area contributed by atoms with E-state index in [1.165, 1.54) is 12.1 Å². The normalized spacial score (nSPS) is 19.8.